The lowest BCUT2D eigenvalue weighted by atomic mass is 10.1. The molecule has 0 saturated carbocycles. The minimum Gasteiger partial charge on any atom is -0.462 e. The summed E-state index contributed by atoms with van der Waals surface area (Å²) in [5.74, 6) is -1.02. The molecule has 6 heteroatoms. The number of carbonyl (C=O) groups excluding carboxylic acids is 3. The smallest absolute Gasteiger partial charge is 0.306 e. The van der Waals surface area contributed by atoms with Crippen molar-refractivity contribution in [1.29, 1.82) is 0 Å². The largest absolute Gasteiger partial charge is 0.462 e. The summed E-state index contributed by atoms with van der Waals surface area (Å²) in [6.07, 6.45) is 63.2. The van der Waals surface area contributed by atoms with Gasteiger partial charge in [0.1, 0.15) is 13.2 Å². The van der Waals surface area contributed by atoms with Gasteiger partial charge >= 0.3 is 17.9 Å². The van der Waals surface area contributed by atoms with E-state index in [4.69, 9.17) is 14.2 Å². The second kappa shape index (κ2) is 46.5. The van der Waals surface area contributed by atoms with Crippen molar-refractivity contribution in [2.24, 2.45) is 0 Å². The van der Waals surface area contributed by atoms with Gasteiger partial charge in [-0.05, 0) is 96.3 Å². The molecule has 6 nitrogen and oxygen atoms in total. The van der Waals surface area contributed by atoms with Crippen LogP contribution in [-0.2, 0) is 28.6 Å². The fourth-order valence-electron chi connectivity index (χ4n) is 5.66. The van der Waals surface area contributed by atoms with E-state index >= 15 is 0 Å². The average Bonchev–Trinajstić information content (AvgIpc) is 3.23. The first-order chi connectivity index (χ1) is 29.0. The lowest BCUT2D eigenvalue weighted by Crippen LogP contribution is -2.30. The van der Waals surface area contributed by atoms with E-state index in [0.29, 0.717) is 19.3 Å². The Morgan fingerprint density at radius 1 is 0.373 bits per heavy atom. The van der Waals surface area contributed by atoms with Crippen molar-refractivity contribution in [2.45, 2.75) is 181 Å². The maximum Gasteiger partial charge on any atom is 0.306 e. The van der Waals surface area contributed by atoms with Gasteiger partial charge in [0.05, 0.1) is 0 Å². The van der Waals surface area contributed by atoms with Crippen molar-refractivity contribution < 1.29 is 28.6 Å². The number of allylic oxidation sites excluding steroid dienone is 20. The molecule has 59 heavy (non-hydrogen) atoms. The summed E-state index contributed by atoms with van der Waals surface area (Å²) >= 11 is 0. The summed E-state index contributed by atoms with van der Waals surface area (Å²) in [6.45, 7) is 6.23. The van der Waals surface area contributed by atoms with E-state index in [9.17, 15) is 14.4 Å². The van der Waals surface area contributed by atoms with Gasteiger partial charge in [0.2, 0.25) is 0 Å². The van der Waals surface area contributed by atoms with Crippen LogP contribution in [0.25, 0.3) is 0 Å². The molecule has 0 aromatic carbocycles. The lowest BCUT2D eigenvalue weighted by Gasteiger charge is -2.18. The fourth-order valence-corrected chi connectivity index (χ4v) is 5.66. The second-order valence-electron chi connectivity index (χ2n) is 14.7. The van der Waals surface area contributed by atoms with Crippen LogP contribution in [-0.4, -0.2) is 37.2 Å². The number of unbranched alkanes of at least 4 members (excludes halogenated alkanes) is 13. The molecule has 330 valence electrons. The van der Waals surface area contributed by atoms with Gasteiger partial charge in [0.25, 0.3) is 0 Å². The van der Waals surface area contributed by atoms with Crippen LogP contribution in [0, 0.1) is 0 Å². The Kier molecular flexibility index (Phi) is 43.2. The van der Waals surface area contributed by atoms with E-state index in [-0.39, 0.29) is 37.5 Å². The Hall–Kier alpha value is -4.19. The van der Waals surface area contributed by atoms with Crippen molar-refractivity contribution >= 4 is 17.9 Å². The van der Waals surface area contributed by atoms with Crippen LogP contribution >= 0.6 is 0 Å². The first kappa shape index (κ1) is 54.8. The Bertz CT molecular complexity index is 1300. The SMILES string of the molecule is CC\C=C/C=C\C=C/C=C\C=C\C=C/CCCCCC(=O)OCC(COC(=O)CCCCCCC/C=C\CCCCC)OC(=O)CCCC/C=C\C/C=C\C/C=C\CC. The second-order valence-corrected chi connectivity index (χ2v) is 14.7. The molecule has 0 radical (unpaired) electrons. The number of esters is 3. The van der Waals surface area contributed by atoms with Crippen LogP contribution in [0.3, 0.4) is 0 Å². The molecule has 0 rings (SSSR count). The van der Waals surface area contributed by atoms with Crippen LogP contribution in [0.1, 0.15) is 175 Å². The Morgan fingerprint density at radius 2 is 0.746 bits per heavy atom. The van der Waals surface area contributed by atoms with Crippen molar-refractivity contribution in [3.05, 3.63) is 122 Å². The quantitative estimate of drug-likeness (QED) is 0.0202. The highest BCUT2D eigenvalue weighted by molar-refractivity contribution is 5.71. The predicted octanol–water partition coefficient (Wildman–Crippen LogP) is 15.0. The van der Waals surface area contributed by atoms with Gasteiger partial charge in [-0.25, -0.2) is 0 Å². The molecule has 0 aliphatic carbocycles. The van der Waals surface area contributed by atoms with E-state index in [2.05, 4.69) is 81.5 Å². The third-order valence-corrected chi connectivity index (χ3v) is 9.09. The van der Waals surface area contributed by atoms with Crippen LogP contribution in [0.5, 0.6) is 0 Å². The molecule has 0 spiro atoms. The van der Waals surface area contributed by atoms with Crippen LogP contribution < -0.4 is 0 Å². The molecule has 0 aliphatic rings. The summed E-state index contributed by atoms with van der Waals surface area (Å²) < 4.78 is 16.6. The van der Waals surface area contributed by atoms with Gasteiger partial charge < -0.3 is 14.2 Å². The minimum absolute atomic E-state index is 0.117. The summed E-state index contributed by atoms with van der Waals surface area (Å²) in [6, 6.07) is 0. The standard InChI is InChI=1S/C53H82O6/c1-4-7-10-13-16-19-22-25-26-27-28-29-32-34-37-40-43-46-52(55)58-49-50(59-53(56)47-44-41-38-35-31-24-21-18-15-12-9-6-3)48-57-51(54)45-42-39-36-33-30-23-20-17-14-11-8-5-2/h7,9-10,12-13,16-22,25-29,31-32,35,50H,4-6,8,11,14-15,23-24,30,33-34,36-49H2,1-3H3/b10-7-,12-9-,16-13-,20-17-,21-18-,22-19-,26-25-,28-27+,32-29-,35-31-. The van der Waals surface area contributed by atoms with Gasteiger partial charge in [-0.1, -0.05) is 181 Å². The van der Waals surface area contributed by atoms with Gasteiger partial charge in [-0.3, -0.25) is 14.4 Å². The molecule has 0 saturated heterocycles. The topological polar surface area (TPSA) is 78.9 Å². The van der Waals surface area contributed by atoms with Crippen molar-refractivity contribution in [3.63, 3.8) is 0 Å². The van der Waals surface area contributed by atoms with E-state index in [1.54, 1.807) is 0 Å². The maximum atomic E-state index is 12.7. The molecular formula is C53H82O6. The molecule has 0 amide bonds. The monoisotopic (exact) mass is 815 g/mol. The number of rotatable bonds is 39. The van der Waals surface area contributed by atoms with E-state index in [1.165, 1.54) is 32.1 Å². The van der Waals surface area contributed by atoms with Gasteiger partial charge in [-0.2, -0.15) is 0 Å². The molecule has 0 N–H and O–H groups in total. The highest BCUT2D eigenvalue weighted by Gasteiger charge is 2.19. The van der Waals surface area contributed by atoms with Gasteiger partial charge in [0, 0.05) is 19.3 Å². The van der Waals surface area contributed by atoms with E-state index in [1.807, 2.05) is 60.8 Å². The molecule has 1 unspecified atom stereocenters. The normalized spacial score (nSPS) is 13.2. The number of ether oxygens (including phenoxy) is 3. The third-order valence-electron chi connectivity index (χ3n) is 9.09. The zero-order valence-corrected chi connectivity index (χ0v) is 37.5. The molecular weight excluding hydrogens is 733 g/mol. The van der Waals surface area contributed by atoms with Crippen LogP contribution in [0.15, 0.2) is 122 Å². The average molecular weight is 815 g/mol. The molecule has 0 bridgehead atoms. The lowest BCUT2D eigenvalue weighted by molar-refractivity contribution is -0.167. The van der Waals surface area contributed by atoms with E-state index < -0.39 is 6.10 Å². The zero-order valence-electron chi connectivity index (χ0n) is 37.5. The molecule has 0 heterocycles. The predicted molar refractivity (Wildman–Crippen MR) is 251 cm³/mol. The molecule has 0 aliphatic heterocycles. The Labute approximate surface area is 361 Å². The van der Waals surface area contributed by atoms with Crippen LogP contribution in [0.4, 0.5) is 0 Å². The van der Waals surface area contributed by atoms with Crippen molar-refractivity contribution in [2.75, 3.05) is 13.2 Å². The molecule has 0 aromatic rings. The number of carbonyl (C=O) groups is 3. The summed E-state index contributed by atoms with van der Waals surface area (Å²) in [5.41, 5.74) is 0. The molecule has 1 atom stereocenters. The van der Waals surface area contributed by atoms with Crippen molar-refractivity contribution in [1.82, 2.24) is 0 Å². The van der Waals surface area contributed by atoms with Gasteiger partial charge in [0.15, 0.2) is 6.10 Å². The highest BCUT2D eigenvalue weighted by Crippen LogP contribution is 2.11. The third kappa shape index (κ3) is 44.8. The first-order valence-corrected chi connectivity index (χ1v) is 23.1. The molecule has 0 aromatic heterocycles. The maximum absolute atomic E-state index is 12.7. The Balaban J connectivity index is 4.56. The minimum atomic E-state index is -0.821. The first-order valence-electron chi connectivity index (χ1n) is 23.1. The summed E-state index contributed by atoms with van der Waals surface area (Å²) in [5, 5.41) is 0. The summed E-state index contributed by atoms with van der Waals surface area (Å²) in [7, 11) is 0. The van der Waals surface area contributed by atoms with Gasteiger partial charge in [-0.15, -0.1) is 0 Å². The molecule has 0 fully saturated rings. The Morgan fingerprint density at radius 3 is 1.31 bits per heavy atom. The summed E-state index contributed by atoms with van der Waals surface area (Å²) in [4.78, 5) is 37.8. The van der Waals surface area contributed by atoms with E-state index in [0.717, 1.165) is 96.3 Å². The zero-order chi connectivity index (χ0) is 43.0. The highest BCUT2D eigenvalue weighted by atomic mass is 16.6. The number of hydrogen-bond acceptors (Lipinski definition) is 6. The number of hydrogen-bond donors (Lipinski definition) is 0. The fraction of sp³-hybridized carbons (Fsp3) is 0.566. The van der Waals surface area contributed by atoms with Crippen LogP contribution in [0.2, 0.25) is 0 Å². The van der Waals surface area contributed by atoms with Crippen molar-refractivity contribution in [3.8, 4) is 0 Å².